The standard InChI is InChI=1S/C14H16ClNO4S/c15-11-5-3-4-10(8-11)9-21(19,20)16-13-7-2-1-6-12(13)14(17)18/h1-5,8,12-13,16H,6-7,9H2,(H,17,18)/t12-,13+/m1/s1. The van der Waals surface area contributed by atoms with Crippen molar-refractivity contribution < 1.29 is 18.3 Å². The molecule has 0 radical (unpaired) electrons. The van der Waals surface area contributed by atoms with E-state index in [2.05, 4.69) is 4.72 Å². The number of halogens is 1. The maximum atomic E-state index is 12.2. The Bertz CT molecular complexity index is 657. The van der Waals surface area contributed by atoms with Gasteiger partial charge in [-0.15, -0.1) is 0 Å². The Morgan fingerprint density at radius 2 is 2.05 bits per heavy atom. The summed E-state index contributed by atoms with van der Waals surface area (Å²) in [6.45, 7) is 0. The lowest BCUT2D eigenvalue weighted by atomic mass is 9.90. The van der Waals surface area contributed by atoms with Crippen molar-refractivity contribution in [3.8, 4) is 0 Å². The molecule has 0 saturated heterocycles. The molecule has 0 fully saturated rings. The molecule has 0 amide bonds. The molecular formula is C14H16ClNO4S. The van der Waals surface area contributed by atoms with E-state index in [0.29, 0.717) is 23.4 Å². The Labute approximate surface area is 128 Å². The lowest BCUT2D eigenvalue weighted by Gasteiger charge is -2.25. The summed E-state index contributed by atoms with van der Waals surface area (Å²) in [7, 11) is -3.62. The molecule has 0 unspecified atom stereocenters. The van der Waals surface area contributed by atoms with Crippen molar-refractivity contribution in [1.82, 2.24) is 4.72 Å². The average molecular weight is 330 g/mol. The van der Waals surface area contributed by atoms with Crippen LogP contribution >= 0.6 is 11.6 Å². The van der Waals surface area contributed by atoms with E-state index >= 15 is 0 Å². The number of sulfonamides is 1. The summed E-state index contributed by atoms with van der Waals surface area (Å²) < 4.78 is 26.8. The molecule has 114 valence electrons. The van der Waals surface area contributed by atoms with Crippen LogP contribution in [0.1, 0.15) is 18.4 Å². The van der Waals surface area contributed by atoms with Gasteiger partial charge in [-0.1, -0.05) is 35.9 Å². The van der Waals surface area contributed by atoms with Gasteiger partial charge in [0.15, 0.2) is 0 Å². The van der Waals surface area contributed by atoms with Gasteiger partial charge in [0, 0.05) is 11.1 Å². The van der Waals surface area contributed by atoms with Crippen LogP contribution in [0.2, 0.25) is 5.02 Å². The fourth-order valence-electron chi connectivity index (χ4n) is 2.34. The van der Waals surface area contributed by atoms with Gasteiger partial charge >= 0.3 is 5.97 Å². The average Bonchev–Trinajstić information content (AvgIpc) is 2.37. The van der Waals surface area contributed by atoms with Crippen LogP contribution in [0.3, 0.4) is 0 Å². The van der Waals surface area contributed by atoms with E-state index in [4.69, 9.17) is 16.7 Å². The predicted octanol–water partition coefficient (Wildman–Crippen LogP) is 2.18. The molecule has 0 saturated carbocycles. The molecule has 2 atom stereocenters. The van der Waals surface area contributed by atoms with Crippen molar-refractivity contribution in [2.45, 2.75) is 24.6 Å². The molecule has 7 heteroatoms. The molecule has 2 rings (SSSR count). The fourth-order valence-corrected chi connectivity index (χ4v) is 3.97. The number of benzene rings is 1. The first-order chi connectivity index (χ1) is 9.87. The first-order valence-corrected chi connectivity index (χ1v) is 8.53. The fraction of sp³-hybridized carbons (Fsp3) is 0.357. The van der Waals surface area contributed by atoms with E-state index in [1.807, 2.05) is 0 Å². The van der Waals surface area contributed by atoms with Gasteiger partial charge in [-0.3, -0.25) is 4.79 Å². The number of aliphatic carboxylic acids is 1. The van der Waals surface area contributed by atoms with Crippen molar-refractivity contribution in [3.63, 3.8) is 0 Å². The van der Waals surface area contributed by atoms with E-state index < -0.39 is 28.0 Å². The van der Waals surface area contributed by atoms with Gasteiger partial charge in [0.25, 0.3) is 0 Å². The molecule has 0 aliphatic heterocycles. The van der Waals surface area contributed by atoms with Crippen molar-refractivity contribution in [3.05, 3.63) is 47.0 Å². The number of hydrogen-bond acceptors (Lipinski definition) is 3. The zero-order valence-electron chi connectivity index (χ0n) is 11.2. The molecule has 0 heterocycles. The Hall–Kier alpha value is -1.37. The highest BCUT2D eigenvalue weighted by Gasteiger charge is 2.31. The first kappa shape index (κ1) is 16.0. The second-order valence-corrected chi connectivity index (χ2v) is 7.19. The summed E-state index contributed by atoms with van der Waals surface area (Å²) in [5.74, 6) is -1.95. The van der Waals surface area contributed by atoms with E-state index in [9.17, 15) is 13.2 Å². The first-order valence-electron chi connectivity index (χ1n) is 6.49. The largest absolute Gasteiger partial charge is 0.481 e. The maximum Gasteiger partial charge on any atom is 0.308 e. The third kappa shape index (κ3) is 4.56. The van der Waals surface area contributed by atoms with Gasteiger partial charge in [0.05, 0.1) is 11.7 Å². The van der Waals surface area contributed by atoms with Gasteiger partial charge in [-0.2, -0.15) is 0 Å². The molecule has 1 aliphatic rings. The number of carboxylic acids is 1. The summed E-state index contributed by atoms with van der Waals surface area (Å²) >= 11 is 5.83. The van der Waals surface area contributed by atoms with Gasteiger partial charge in [0.2, 0.25) is 10.0 Å². The van der Waals surface area contributed by atoms with Gasteiger partial charge in [-0.05, 0) is 30.5 Å². The summed E-state index contributed by atoms with van der Waals surface area (Å²) in [6, 6.07) is 5.97. The molecule has 0 spiro atoms. The molecule has 1 aromatic rings. The Kier molecular flexibility index (Phi) is 5.03. The van der Waals surface area contributed by atoms with Gasteiger partial charge in [-0.25, -0.2) is 13.1 Å². The van der Waals surface area contributed by atoms with Crippen molar-refractivity contribution in [2.75, 3.05) is 0 Å². The summed E-state index contributed by atoms with van der Waals surface area (Å²) in [4.78, 5) is 11.2. The second kappa shape index (κ2) is 6.60. The molecule has 0 bridgehead atoms. The molecule has 21 heavy (non-hydrogen) atoms. The van der Waals surface area contributed by atoms with Gasteiger partial charge < -0.3 is 5.11 Å². The van der Waals surface area contributed by atoms with Crippen LogP contribution in [0.5, 0.6) is 0 Å². The zero-order valence-corrected chi connectivity index (χ0v) is 12.8. The number of nitrogens with one attached hydrogen (secondary N) is 1. The smallest absolute Gasteiger partial charge is 0.308 e. The predicted molar refractivity (Wildman–Crippen MR) is 80.5 cm³/mol. The molecule has 1 aromatic carbocycles. The lowest BCUT2D eigenvalue weighted by molar-refractivity contribution is -0.142. The van der Waals surface area contributed by atoms with Crippen molar-refractivity contribution >= 4 is 27.6 Å². The van der Waals surface area contributed by atoms with Crippen LogP contribution in [0.15, 0.2) is 36.4 Å². The minimum Gasteiger partial charge on any atom is -0.481 e. The minimum atomic E-state index is -3.62. The Morgan fingerprint density at radius 3 is 2.71 bits per heavy atom. The molecule has 1 aliphatic carbocycles. The van der Waals surface area contributed by atoms with Crippen LogP contribution in [0.25, 0.3) is 0 Å². The van der Waals surface area contributed by atoms with Crippen molar-refractivity contribution in [2.24, 2.45) is 5.92 Å². The van der Waals surface area contributed by atoms with E-state index in [-0.39, 0.29) is 5.75 Å². The number of allylic oxidation sites excluding steroid dienone is 1. The second-order valence-electron chi connectivity index (χ2n) is 5.00. The maximum absolute atomic E-state index is 12.2. The van der Waals surface area contributed by atoms with Crippen molar-refractivity contribution in [1.29, 1.82) is 0 Å². The van der Waals surface area contributed by atoms with E-state index in [1.165, 1.54) is 0 Å². The number of carbonyl (C=O) groups is 1. The topological polar surface area (TPSA) is 83.5 Å². The van der Waals surface area contributed by atoms with Crippen LogP contribution in [0.4, 0.5) is 0 Å². The third-order valence-corrected chi connectivity index (χ3v) is 4.94. The SMILES string of the molecule is O=C(O)[C@@H]1CC=CC[C@@H]1NS(=O)(=O)Cc1cccc(Cl)c1. The number of hydrogen-bond donors (Lipinski definition) is 2. The van der Waals surface area contributed by atoms with Crippen LogP contribution in [-0.4, -0.2) is 25.5 Å². The Balaban J connectivity index is 2.10. The van der Waals surface area contributed by atoms with Crippen LogP contribution in [0, 0.1) is 5.92 Å². The van der Waals surface area contributed by atoms with Crippen LogP contribution < -0.4 is 4.72 Å². The lowest BCUT2D eigenvalue weighted by Crippen LogP contribution is -2.44. The highest BCUT2D eigenvalue weighted by molar-refractivity contribution is 7.88. The van der Waals surface area contributed by atoms with Gasteiger partial charge in [0.1, 0.15) is 0 Å². The zero-order chi connectivity index (χ0) is 15.5. The third-order valence-electron chi connectivity index (χ3n) is 3.33. The molecule has 0 aromatic heterocycles. The molecular weight excluding hydrogens is 314 g/mol. The summed E-state index contributed by atoms with van der Waals surface area (Å²) in [5.41, 5.74) is 0.563. The molecule has 5 nitrogen and oxygen atoms in total. The summed E-state index contributed by atoms with van der Waals surface area (Å²) in [6.07, 6.45) is 4.28. The normalized spacial score (nSPS) is 22.1. The summed E-state index contributed by atoms with van der Waals surface area (Å²) in [5, 5.41) is 9.61. The van der Waals surface area contributed by atoms with E-state index in [0.717, 1.165) is 0 Å². The highest BCUT2D eigenvalue weighted by Crippen LogP contribution is 2.21. The number of rotatable bonds is 5. The quantitative estimate of drug-likeness (QED) is 0.811. The number of carboxylic acid groups (broad SMARTS) is 1. The van der Waals surface area contributed by atoms with Crippen LogP contribution in [-0.2, 0) is 20.6 Å². The Morgan fingerprint density at radius 1 is 1.33 bits per heavy atom. The highest BCUT2D eigenvalue weighted by atomic mass is 35.5. The van der Waals surface area contributed by atoms with E-state index in [1.54, 1.807) is 36.4 Å². The minimum absolute atomic E-state index is 0.222. The monoisotopic (exact) mass is 329 g/mol. The molecule has 2 N–H and O–H groups in total.